The van der Waals surface area contributed by atoms with Gasteiger partial charge in [0.15, 0.2) is 5.78 Å². The van der Waals surface area contributed by atoms with E-state index in [1.165, 1.54) is 6.08 Å². The Labute approximate surface area is 188 Å². The van der Waals surface area contributed by atoms with Crippen LogP contribution < -0.4 is 10.1 Å². The molecule has 32 heavy (non-hydrogen) atoms. The van der Waals surface area contributed by atoms with Gasteiger partial charge in [-0.2, -0.15) is 0 Å². The monoisotopic (exact) mass is 430 g/mol. The maximum Gasteiger partial charge on any atom is 0.336 e. The molecule has 0 spiro atoms. The van der Waals surface area contributed by atoms with Crippen LogP contribution in [0.3, 0.4) is 0 Å². The van der Waals surface area contributed by atoms with Crippen molar-refractivity contribution < 1.29 is 19.1 Å². The maximum absolute atomic E-state index is 13.0. The number of benzene rings is 1. The van der Waals surface area contributed by atoms with Crippen molar-refractivity contribution in [2.45, 2.75) is 32.1 Å². The number of aliphatic imine (C=N–C) groups is 1. The van der Waals surface area contributed by atoms with Gasteiger partial charge in [-0.1, -0.05) is 37.3 Å². The minimum absolute atomic E-state index is 0.0156. The van der Waals surface area contributed by atoms with E-state index in [1.807, 2.05) is 24.3 Å². The quantitative estimate of drug-likeness (QED) is 0.402. The zero-order valence-corrected chi connectivity index (χ0v) is 18.4. The molecule has 0 unspecified atom stereocenters. The first-order chi connectivity index (χ1) is 15.4. The number of nitrogens with zero attached hydrogens (tertiary/aromatic N) is 1. The Morgan fingerprint density at radius 1 is 1.38 bits per heavy atom. The third kappa shape index (κ3) is 4.89. The first-order valence-corrected chi connectivity index (χ1v) is 10.3. The Morgan fingerprint density at radius 2 is 2.12 bits per heavy atom. The molecule has 1 aromatic rings. The fourth-order valence-corrected chi connectivity index (χ4v) is 3.92. The van der Waals surface area contributed by atoms with E-state index in [0.717, 1.165) is 17.0 Å². The SMILES string of the molecule is C#CC(=C)N=C(C=C)COC(=O)C1=C(C)NC2=C(C1)C(=O)C[C@H](c1ccccc1OC)C2. The molecule has 0 bridgehead atoms. The lowest BCUT2D eigenvalue weighted by molar-refractivity contribution is -0.137. The number of allylic oxidation sites excluding steroid dienone is 4. The molecule has 1 heterocycles. The van der Waals surface area contributed by atoms with Gasteiger partial charge < -0.3 is 14.8 Å². The Balaban J connectivity index is 1.73. The Hall–Kier alpha value is -3.85. The van der Waals surface area contributed by atoms with Crippen LogP contribution in [0, 0.1) is 12.3 Å². The summed E-state index contributed by atoms with van der Waals surface area (Å²) in [5.41, 5.74) is 4.21. The second-order valence-electron chi connectivity index (χ2n) is 7.61. The number of carbonyl (C=O) groups excluding carboxylic acids is 2. The lowest BCUT2D eigenvalue weighted by Gasteiger charge is -2.32. The first kappa shape index (κ1) is 22.8. The highest BCUT2D eigenvalue weighted by Gasteiger charge is 2.34. The highest BCUT2D eigenvalue weighted by atomic mass is 16.5. The van der Waals surface area contributed by atoms with Gasteiger partial charge in [0.05, 0.1) is 18.4 Å². The van der Waals surface area contributed by atoms with Crippen molar-refractivity contribution in [2.75, 3.05) is 13.7 Å². The minimum atomic E-state index is -0.512. The van der Waals surface area contributed by atoms with E-state index in [4.69, 9.17) is 15.9 Å². The standard InChI is InChI=1S/C26H26N2O4/c1-6-16(3)27-19(7-2)15-32-26(30)21-14-22-23(28-17(21)4)12-18(13-24(22)29)20-10-8-9-11-25(20)31-5/h1,7-11,18,28H,2-3,12-15H2,4-5H3/t18-/m1/s1. The molecule has 164 valence electrons. The molecule has 0 fully saturated rings. The average Bonchev–Trinajstić information content (AvgIpc) is 2.80. The van der Waals surface area contributed by atoms with E-state index >= 15 is 0 Å². The van der Waals surface area contributed by atoms with E-state index in [-0.39, 0.29) is 30.4 Å². The van der Waals surface area contributed by atoms with Gasteiger partial charge in [-0.15, -0.1) is 6.42 Å². The van der Waals surface area contributed by atoms with Crippen LogP contribution in [0.1, 0.15) is 37.7 Å². The van der Waals surface area contributed by atoms with E-state index in [9.17, 15) is 9.59 Å². The molecule has 0 radical (unpaired) electrons. The third-order valence-electron chi connectivity index (χ3n) is 5.58. The molecule has 0 amide bonds. The summed E-state index contributed by atoms with van der Waals surface area (Å²) in [5, 5.41) is 3.27. The van der Waals surface area contributed by atoms with Crippen LogP contribution in [0.25, 0.3) is 0 Å². The molecule has 0 aromatic heterocycles. The number of para-hydroxylation sites is 1. The number of nitrogens with one attached hydrogen (secondary N) is 1. The van der Waals surface area contributed by atoms with Crippen LogP contribution in [-0.4, -0.2) is 31.2 Å². The van der Waals surface area contributed by atoms with Crippen molar-refractivity contribution in [3.05, 3.63) is 77.3 Å². The van der Waals surface area contributed by atoms with E-state index in [1.54, 1.807) is 14.0 Å². The topological polar surface area (TPSA) is 77.0 Å². The molecule has 1 aliphatic heterocycles. The van der Waals surface area contributed by atoms with Gasteiger partial charge in [-0.05, 0) is 31.1 Å². The second-order valence-corrected chi connectivity index (χ2v) is 7.61. The summed E-state index contributed by atoms with van der Waals surface area (Å²) in [7, 11) is 1.63. The predicted molar refractivity (Wildman–Crippen MR) is 124 cm³/mol. The Morgan fingerprint density at radius 3 is 2.81 bits per heavy atom. The first-order valence-electron chi connectivity index (χ1n) is 10.3. The molecule has 6 heteroatoms. The highest BCUT2D eigenvalue weighted by molar-refractivity contribution is 6.02. The van der Waals surface area contributed by atoms with Crippen molar-refractivity contribution in [3.8, 4) is 18.1 Å². The number of Topliss-reactive ketones (excluding diaryl/α,β-unsaturated/α-hetero) is 1. The largest absolute Gasteiger partial charge is 0.496 e. The van der Waals surface area contributed by atoms with E-state index in [2.05, 4.69) is 29.4 Å². The summed E-state index contributed by atoms with van der Waals surface area (Å²) in [6.07, 6.45) is 7.98. The number of esters is 1. The number of hydrogen-bond donors (Lipinski definition) is 1. The van der Waals surface area contributed by atoms with Crippen LogP contribution in [0.15, 0.2) is 76.7 Å². The van der Waals surface area contributed by atoms with Gasteiger partial charge >= 0.3 is 5.97 Å². The fourth-order valence-electron chi connectivity index (χ4n) is 3.92. The summed E-state index contributed by atoms with van der Waals surface area (Å²) >= 11 is 0. The van der Waals surface area contributed by atoms with Crippen molar-refractivity contribution in [2.24, 2.45) is 4.99 Å². The molecule has 1 N–H and O–H groups in total. The van der Waals surface area contributed by atoms with Crippen LogP contribution in [-0.2, 0) is 14.3 Å². The van der Waals surface area contributed by atoms with Gasteiger partial charge in [0.1, 0.15) is 18.1 Å². The normalized spacial score (nSPS) is 18.3. The van der Waals surface area contributed by atoms with Crippen LogP contribution in [0.2, 0.25) is 0 Å². The van der Waals surface area contributed by atoms with Gasteiger partial charge in [-0.25, -0.2) is 9.79 Å². The maximum atomic E-state index is 13.0. The van der Waals surface area contributed by atoms with Gasteiger partial charge in [0.25, 0.3) is 0 Å². The summed E-state index contributed by atoms with van der Waals surface area (Å²) in [6.45, 7) is 8.96. The Bertz CT molecular complexity index is 1110. The fraction of sp³-hybridized carbons (Fsp3) is 0.269. The minimum Gasteiger partial charge on any atom is -0.496 e. The molecule has 1 atom stereocenters. The summed E-state index contributed by atoms with van der Waals surface area (Å²) in [6, 6.07) is 7.74. The highest BCUT2D eigenvalue weighted by Crippen LogP contribution is 2.41. The third-order valence-corrected chi connectivity index (χ3v) is 5.58. The van der Waals surface area contributed by atoms with Crippen LogP contribution in [0.5, 0.6) is 5.75 Å². The molecule has 2 aliphatic rings. The number of ketones is 1. The van der Waals surface area contributed by atoms with Crippen molar-refractivity contribution in [1.82, 2.24) is 5.32 Å². The van der Waals surface area contributed by atoms with Gasteiger partial charge in [0, 0.05) is 35.7 Å². The summed E-state index contributed by atoms with van der Waals surface area (Å²) in [4.78, 5) is 29.8. The second kappa shape index (κ2) is 9.97. The number of ether oxygens (including phenoxy) is 2. The number of dihydropyridines is 1. The number of hydrogen-bond acceptors (Lipinski definition) is 6. The number of terminal acetylenes is 1. The van der Waals surface area contributed by atoms with Crippen LogP contribution >= 0.6 is 0 Å². The number of rotatable bonds is 7. The lowest BCUT2D eigenvalue weighted by atomic mass is 9.78. The average molecular weight is 431 g/mol. The number of carbonyl (C=O) groups is 2. The zero-order valence-electron chi connectivity index (χ0n) is 18.4. The lowest BCUT2D eigenvalue weighted by Crippen LogP contribution is -2.32. The zero-order chi connectivity index (χ0) is 23.3. The van der Waals surface area contributed by atoms with Gasteiger partial charge in [-0.3, -0.25) is 4.79 Å². The molecule has 3 rings (SSSR count). The van der Waals surface area contributed by atoms with E-state index < -0.39 is 5.97 Å². The molecule has 0 saturated carbocycles. The van der Waals surface area contributed by atoms with Crippen molar-refractivity contribution in [1.29, 1.82) is 0 Å². The van der Waals surface area contributed by atoms with E-state index in [0.29, 0.717) is 35.4 Å². The molecular weight excluding hydrogens is 404 g/mol. The molecule has 1 aromatic carbocycles. The smallest absolute Gasteiger partial charge is 0.336 e. The Kier molecular flexibility index (Phi) is 7.11. The predicted octanol–water partition coefficient (Wildman–Crippen LogP) is 3.98. The molecule has 6 nitrogen and oxygen atoms in total. The number of methoxy groups -OCH3 is 1. The molecular formula is C26H26N2O4. The van der Waals surface area contributed by atoms with Crippen molar-refractivity contribution >= 4 is 17.5 Å². The summed E-state index contributed by atoms with van der Waals surface area (Å²) < 4.78 is 10.9. The van der Waals surface area contributed by atoms with Crippen LogP contribution in [0.4, 0.5) is 0 Å². The molecule has 0 saturated heterocycles. The van der Waals surface area contributed by atoms with Gasteiger partial charge in [0.2, 0.25) is 0 Å². The molecule has 1 aliphatic carbocycles. The van der Waals surface area contributed by atoms with Crippen molar-refractivity contribution in [3.63, 3.8) is 0 Å². The summed E-state index contributed by atoms with van der Waals surface area (Å²) in [5.74, 6) is 2.60.